The zero-order valence-corrected chi connectivity index (χ0v) is 12.2. The molecule has 0 unspecified atom stereocenters. The third kappa shape index (κ3) is 1.96. The molecule has 0 spiro atoms. The van der Waals surface area contributed by atoms with Gasteiger partial charge in [0, 0.05) is 12.6 Å². The van der Waals surface area contributed by atoms with Crippen LogP contribution in [0.2, 0.25) is 0 Å². The van der Waals surface area contributed by atoms with Gasteiger partial charge in [0.15, 0.2) is 0 Å². The van der Waals surface area contributed by atoms with Gasteiger partial charge >= 0.3 is 0 Å². The minimum Gasteiger partial charge on any atom is -0.338 e. The fourth-order valence-corrected chi connectivity index (χ4v) is 5.68. The number of hydrogen-bond acceptors (Lipinski definition) is 2. The zero-order valence-electron chi connectivity index (χ0n) is 12.2. The molecular formula is C17H24N2O. The first-order chi connectivity index (χ1) is 9.70. The van der Waals surface area contributed by atoms with Gasteiger partial charge in [-0.15, -0.1) is 0 Å². The van der Waals surface area contributed by atoms with Crippen LogP contribution >= 0.6 is 0 Å². The molecule has 4 bridgehead atoms. The van der Waals surface area contributed by atoms with Crippen LogP contribution < -0.4 is 0 Å². The lowest BCUT2D eigenvalue weighted by molar-refractivity contribution is -0.158. The molecule has 20 heavy (non-hydrogen) atoms. The van der Waals surface area contributed by atoms with Gasteiger partial charge in [0.2, 0.25) is 5.91 Å². The highest BCUT2D eigenvalue weighted by Gasteiger charge is 2.56. The highest BCUT2D eigenvalue weighted by Crippen LogP contribution is 2.60. The number of carbonyl (C=O) groups excluding carboxylic acids is 1. The molecule has 5 aliphatic rings. The van der Waals surface area contributed by atoms with Crippen molar-refractivity contribution in [3.8, 4) is 6.07 Å². The maximum Gasteiger partial charge on any atom is 0.229 e. The van der Waals surface area contributed by atoms with Crippen molar-refractivity contribution in [2.24, 2.45) is 23.2 Å². The maximum absolute atomic E-state index is 13.2. The van der Waals surface area contributed by atoms with E-state index in [1.807, 2.05) is 0 Å². The lowest BCUT2D eigenvalue weighted by Crippen LogP contribution is -2.55. The Morgan fingerprint density at radius 2 is 1.65 bits per heavy atom. The summed E-state index contributed by atoms with van der Waals surface area (Å²) in [5, 5.41) is 8.85. The third-order valence-corrected chi connectivity index (χ3v) is 6.20. The predicted molar refractivity (Wildman–Crippen MR) is 75.6 cm³/mol. The first-order valence-corrected chi connectivity index (χ1v) is 8.38. The van der Waals surface area contributed by atoms with Crippen molar-refractivity contribution in [3.05, 3.63) is 0 Å². The number of amides is 1. The van der Waals surface area contributed by atoms with Crippen LogP contribution in [0.1, 0.15) is 57.8 Å². The fourth-order valence-electron chi connectivity index (χ4n) is 5.68. The van der Waals surface area contributed by atoms with Gasteiger partial charge in [0.25, 0.3) is 0 Å². The third-order valence-electron chi connectivity index (χ3n) is 6.20. The smallest absolute Gasteiger partial charge is 0.229 e. The highest BCUT2D eigenvalue weighted by atomic mass is 16.2. The Bertz CT molecular complexity index is 425. The largest absolute Gasteiger partial charge is 0.338 e. The number of carbonyl (C=O) groups is 1. The van der Waals surface area contributed by atoms with E-state index in [1.54, 1.807) is 0 Å². The van der Waals surface area contributed by atoms with E-state index in [0.717, 1.165) is 49.9 Å². The molecule has 0 aliphatic heterocycles. The van der Waals surface area contributed by atoms with Gasteiger partial charge in [-0.05, 0) is 69.1 Å². The van der Waals surface area contributed by atoms with Crippen molar-refractivity contribution >= 4 is 5.91 Å². The van der Waals surface area contributed by atoms with Crippen LogP contribution in [0, 0.1) is 34.5 Å². The van der Waals surface area contributed by atoms with E-state index >= 15 is 0 Å². The topological polar surface area (TPSA) is 44.1 Å². The van der Waals surface area contributed by atoms with E-state index in [0.29, 0.717) is 24.9 Å². The van der Waals surface area contributed by atoms with E-state index in [1.165, 1.54) is 19.3 Å². The summed E-state index contributed by atoms with van der Waals surface area (Å²) in [6, 6.07) is 2.68. The molecule has 0 radical (unpaired) electrons. The molecule has 5 aliphatic carbocycles. The monoisotopic (exact) mass is 272 g/mol. The Morgan fingerprint density at radius 3 is 2.10 bits per heavy atom. The number of hydrogen-bond donors (Lipinski definition) is 0. The van der Waals surface area contributed by atoms with Crippen LogP contribution in [0.3, 0.4) is 0 Å². The normalized spacial score (nSPS) is 41.5. The molecule has 5 rings (SSSR count). The second-order valence-corrected chi connectivity index (χ2v) is 7.84. The summed E-state index contributed by atoms with van der Waals surface area (Å²) in [4.78, 5) is 15.3. The molecule has 5 saturated carbocycles. The van der Waals surface area contributed by atoms with Crippen molar-refractivity contribution in [2.75, 3.05) is 6.54 Å². The molecule has 0 atom stereocenters. The molecule has 0 aromatic rings. The van der Waals surface area contributed by atoms with Crippen LogP contribution in [0.4, 0.5) is 0 Å². The molecule has 0 aromatic carbocycles. The van der Waals surface area contributed by atoms with Gasteiger partial charge in [0.1, 0.15) is 0 Å². The molecule has 3 nitrogen and oxygen atoms in total. The van der Waals surface area contributed by atoms with Gasteiger partial charge in [0.05, 0.1) is 17.9 Å². The standard InChI is InChI=1S/C17H24N2O/c18-4-1-5-19(15-2-3-15)16(20)17-9-12-6-13(10-17)8-14(7-12)11-17/h12-15H,1-3,5-11H2. The fraction of sp³-hybridized carbons (Fsp3) is 0.882. The molecule has 5 fully saturated rings. The molecule has 1 amide bonds. The van der Waals surface area contributed by atoms with E-state index in [2.05, 4.69) is 11.0 Å². The van der Waals surface area contributed by atoms with Gasteiger partial charge in [-0.2, -0.15) is 5.26 Å². The second-order valence-electron chi connectivity index (χ2n) is 7.84. The summed E-state index contributed by atoms with van der Waals surface area (Å²) in [7, 11) is 0. The Hall–Kier alpha value is -1.04. The molecule has 0 aromatic heterocycles. The van der Waals surface area contributed by atoms with Crippen molar-refractivity contribution in [3.63, 3.8) is 0 Å². The summed E-state index contributed by atoms with van der Waals surface area (Å²) >= 11 is 0. The molecule has 3 heteroatoms. The summed E-state index contributed by atoms with van der Waals surface area (Å²) < 4.78 is 0. The average molecular weight is 272 g/mol. The zero-order chi connectivity index (χ0) is 13.7. The van der Waals surface area contributed by atoms with Gasteiger partial charge in [-0.1, -0.05) is 0 Å². The van der Waals surface area contributed by atoms with Gasteiger partial charge in [-0.3, -0.25) is 4.79 Å². The van der Waals surface area contributed by atoms with Crippen LogP contribution in [0.15, 0.2) is 0 Å². The molecule has 108 valence electrons. The van der Waals surface area contributed by atoms with Crippen LogP contribution in [-0.2, 0) is 4.79 Å². The molecule has 0 heterocycles. The first-order valence-electron chi connectivity index (χ1n) is 8.38. The lowest BCUT2D eigenvalue weighted by atomic mass is 9.49. The highest BCUT2D eigenvalue weighted by molar-refractivity contribution is 5.84. The van der Waals surface area contributed by atoms with E-state index < -0.39 is 0 Å². The summed E-state index contributed by atoms with van der Waals surface area (Å²) in [6.45, 7) is 0.668. The van der Waals surface area contributed by atoms with Crippen molar-refractivity contribution in [1.82, 2.24) is 4.90 Å². The SMILES string of the molecule is N#CCCN(C(=O)C12CC3CC(CC(C3)C1)C2)C1CC1. The Balaban J connectivity index is 1.56. The van der Waals surface area contributed by atoms with Crippen molar-refractivity contribution in [1.29, 1.82) is 5.26 Å². The van der Waals surface area contributed by atoms with Gasteiger partial charge in [-0.25, -0.2) is 0 Å². The Labute approximate surface area is 121 Å². The second kappa shape index (κ2) is 4.48. The summed E-state index contributed by atoms with van der Waals surface area (Å²) in [6.07, 6.45) is 10.4. The Kier molecular flexibility index (Phi) is 2.84. The van der Waals surface area contributed by atoms with E-state index in [4.69, 9.17) is 5.26 Å². The number of nitrogens with zero attached hydrogens (tertiary/aromatic N) is 2. The van der Waals surface area contributed by atoms with Gasteiger partial charge < -0.3 is 4.90 Å². The van der Waals surface area contributed by atoms with Crippen LogP contribution in [0.25, 0.3) is 0 Å². The maximum atomic E-state index is 13.2. The molecule has 0 saturated heterocycles. The lowest BCUT2D eigenvalue weighted by Gasteiger charge is -2.56. The minimum atomic E-state index is -0.0210. The summed E-state index contributed by atoms with van der Waals surface area (Å²) in [5.74, 6) is 2.89. The first kappa shape index (κ1) is 12.7. The van der Waals surface area contributed by atoms with Crippen LogP contribution in [-0.4, -0.2) is 23.4 Å². The minimum absolute atomic E-state index is 0.0210. The quantitative estimate of drug-likeness (QED) is 0.789. The Morgan fingerprint density at radius 1 is 1.10 bits per heavy atom. The number of rotatable bonds is 4. The van der Waals surface area contributed by atoms with E-state index in [-0.39, 0.29) is 5.41 Å². The molecule has 0 N–H and O–H groups in total. The summed E-state index contributed by atoms with van der Waals surface area (Å²) in [5.41, 5.74) is -0.0210. The predicted octanol–water partition coefficient (Wildman–Crippen LogP) is 3.11. The molecular weight excluding hydrogens is 248 g/mol. The van der Waals surface area contributed by atoms with Crippen molar-refractivity contribution in [2.45, 2.75) is 63.8 Å². The van der Waals surface area contributed by atoms with E-state index in [9.17, 15) is 4.79 Å². The average Bonchev–Trinajstić information content (AvgIpc) is 3.22. The van der Waals surface area contributed by atoms with Crippen LogP contribution in [0.5, 0.6) is 0 Å². The number of nitriles is 1. The van der Waals surface area contributed by atoms with Crippen molar-refractivity contribution < 1.29 is 4.79 Å².